The number of hydrogen-bond acceptors (Lipinski definition) is 1. The molecular weight excluding hydrogens is 340 g/mol. The molecule has 2 fully saturated rings. The number of rotatable bonds is 5. The zero-order valence-electron chi connectivity index (χ0n) is 18.9. The Morgan fingerprint density at radius 3 is 2.75 bits per heavy atom. The highest BCUT2D eigenvalue weighted by molar-refractivity contribution is 5.26. The molecule has 4 aliphatic rings. The maximum atomic E-state index is 12.2. The maximum absolute atomic E-state index is 12.2. The molecule has 0 amide bonds. The van der Waals surface area contributed by atoms with Crippen LogP contribution in [0.4, 0.5) is 0 Å². The second-order valence-corrected chi connectivity index (χ2v) is 11.7. The van der Waals surface area contributed by atoms with Crippen LogP contribution in [0.25, 0.3) is 0 Å². The van der Waals surface area contributed by atoms with Gasteiger partial charge in [-0.3, -0.25) is 0 Å². The van der Waals surface area contributed by atoms with Crippen molar-refractivity contribution in [1.29, 1.82) is 0 Å². The van der Waals surface area contributed by atoms with Crippen molar-refractivity contribution in [1.82, 2.24) is 0 Å². The van der Waals surface area contributed by atoms with E-state index in [0.29, 0.717) is 17.3 Å². The largest absolute Gasteiger partial charge is 0.389 e. The highest BCUT2D eigenvalue weighted by atomic mass is 16.3. The Morgan fingerprint density at radius 2 is 1.96 bits per heavy atom. The average Bonchev–Trinajstić information content (AvgIpc) is 3.00. The minimum absolute atomic E-state index is 0.352. The van der Waals surface area contributed by atoms with Crippen molar-refractivity contribution in [3.05, 3.63) is 23.8 Å². The molecule has 1 N–H and O–H groups in total. The molecule has 4 aliphatic carbocycles. The van der Waals surface area contributed by atoms with Crippen LogP contribution in [0.2, 0.25) is 0 Å². The third-order valence-electron chi connectivity index (χ3n) is 9.51. The van der Waals surface area contributed by atoms with Crippen molar-refractivity contribution in [3.63, 3.8) is 0 Å². The van der Waals surface area contributed by atoms with Crippen LogP contribution < -0.4 is 0 Å². The van der Waals surface area contributed by atoms with Crippen molar-refractivity contribution in [2.45, 2.75) is 104 Å². The molecule has 0 spiro atoms. The van der Waals surface area contributed by atoms with E-state index in [1.807, 2.05) is 0 Å². The molecule has 0 saturated heterocycles. The summed E-state index contributed by atoms with van der Waals surface area (Å²) in [5, 5.41) is 12.2. The minimum Gasteiger partial charge on any atom is -0.389 e. The van der Waals surface area contributed by atoms with Crippen molar-refractivity contribution < 1.29 is 5.11 Å². The number of allylic oxidation sites excluding steroid dienone is 3. The molecule has 1 nitrogen and oxygen atoms in total. The van der Waals surface area contributed by atoms with E-state index in [1.54, 1.807) is 0 Å². The Hall–Kier alpha value is -0.560. The van der Waals surface area contributed by atoms with Gasteiger partial charge in [-0.05, 0) is 92.3 Å². The molecule has 0 radical (unpaired) electrons. The van der Waals surface area contributed by atoms with Crippen molar-refractivity contribution in [3.8, 4) is 0 Å². The quantitative estimate of drug-likeness (QED) is 0.527. The predicted octanol–water partition coefficient (Wildman–Crippen LogP) is 7.31. The van der Waals surface area contributed by atoms with E-state index in [1.165, 1.54) is 69.8 Å². The van der Waals surface area contributed by atoms with Gasteiger partial charge in [0.25, 0.3) is 0 Å². The molecular formula is C27H44O. The van der Waals surface area contributed by atoms with Crippen molar-refractivity contribution in [2.75, 3.05) is 0 Å². The standard InChI is InChI=1S/C27H44O/c1-19(2)7-5-8-20(3)24-11-12-25-26(24,4)15-14-23-18-22-10-6-9-21(17-22)13-16-27(23,25)28/h6,9,13,19-20,22-25,28H,5,7-8,10-12,14-18H2,1-4H3/b21-13-/t20?,22?,23-,24+,25?,26+,27-/m0/s1. The SMILES string of the molecule is CC(C)CCCC(C)[C@H]1CCC2[C@]1(C)CC[C@H]1CC3CC=C/C(=C/C[C@@]21O)C3. The first-order valence-electron chi connectivity index (χ1n) is 12.4. The molecule has 2 saturated carbocycles. The highest BCUT2D eigenvalue weighted by Crippen LogP contribution is 2.64. The van der Waals surface area contributed by atoms with Gasteiger partial charge in [0.1, 0.15) is 0 Å². The summed E-state index contributed by atoms with van der Waals surface area (Å²) in [6, 6.07) is 0. The van der Waals surface area contributed by atoms with E-state index in [-0.39, 0.29) is 0 Å². The molecule has 158 valence electrons. The summed E-state index contributed by atoms with van der Waals surface area (Å²) in [5.41, 5.74) is 1.40. The predicted molar refractivity (Wildman–Crippen MR) is 119 cm³/mol. The fourth-order valence-corrected chi connectivity index (χ4v) is 8.00. The van der Waals surface area contributed by atoms with Crippen LogP contribution in [0.5, 0.6) is 0 Å². The second-order valence-electron chi connectivity index (χ2n) is 11.7. The zero-order valence-corrected chi connectivity index (χ0v) is 18.9. The Bertz CT molecular complexity index is 616. The van der Waals surface area contributed by atoms with Crippen molar-refractivity contribution in [2.24, 2.45) is 40.9 Å². The topological polar surface area (TPSA) is 20.2 Å². The van der Waals surface area contributed by atoms with Crippen LogP contribution in [0.15, 0.2) is 23.8 Å². The van der Waals surface area contributed by atoms with E-state index in [4.69, 9.17) is 0 Å². The van der Waals surface area contributed by atoms with Gasteiger partial charge in [-0.25, -0.2) is 0 Å². The lowest BCUT2D eigenvalue weighted by molar-refractivity contribution is -0.151. The molecule has 2 bridgehead atoms. The Kier molecular flexibility index (Phi) is 5.87. The molecule has 0 heterocycles. The first kappa shape index (κ1) is 20.7. The lowest BCUT2D eigenvalue weighted by Gasteiger charge is -2.55. The summed E-state index contributed by atoms with van der Waals surface area (Å²) >= 11 is 0. The molecule has 0 aromatic rings. The van der Waals surface area contributed by atoms with Gasteiger partial charge in [0, 0.05) is 0 Å². The normalized spacial score (nSPS) is 45.6. The smallest absolute Gasteiger partial charge is 0.0743 e. The summed E-state index contributed by atoms with van der Waals surface area (Å²) in [4.78, 5) is 0. The van der Waals surface area contributed by atoms with Crippen LogP contribution in [0.1, 0.15) is 98.3 Å². The number of fused-ring (bicyclic) bond motifs is 5. The number of hydrogen-bond donors (Lipinski definition) is 1. The summed E-state index contributed by atoms with van der Waals surface area (Å²) < 4.78 is 0. The van der Waals surface area contributed by atoms with E-state index in [2.05, 4.69) is 45.9 Å². The van der Waals surface area contributed by atoms with Gasteiger partial charge in [0.05, 0.1) is 5.60 Å². The fraction of sp³-hybridized carbons (Fsp3) is 0.852. The van der Waals surface area contributed by atoms with Gasteiger partial charge in [0.2, 0.25) is 0 Å². The summed E-state index contributed by atoms with van der Waals surface area (Å²) in [7, 11) is 0. The van der Waals surface area contributed by atoms with Crippen LogP contribution in [-0.4, -0.2) is 10.7 Å². The molecule has 0 aromatic carbocycles. The Morgan fingerprint density at radius 1 is 1.14 bits per heavy atom. The van der Waals surface area contributed by atoms with E-state index < -0.39 is 5.60 Å². The monoisotopic (exact) mass is 384 g/mol. The summed E-state index contributed by atoms with van der Waals surface area (Å²) in [5.74, 6) is 4.25. The summed E-state index contributed by atoms with van der Waals surface area (Å²) in [6.07, 6.45) is 21.1. The lowest BCUT2D eigenvalue weighted by atomic mass is 9.52. The molecule has 1 heteroatoms. The first-order valence-corrected chi connectivity index (χ1v) is 12.4. The average molecular weight is 385 g/mol. The molecule has 7 atom stereocenters. The molecule has 28 heavy (non-hydrogen) atoms. The summed E-state index contributed by atoms with van der Waals surface area (Å²) in [6.45, 7) is 9.78. The van der Waals surface area contributed by atoms with E-state index in [9.17, 15) is 5.11 Å². The lowest BCUT2D eigenvalue weighted by Crippen LogP contribution is -2.55. The Labute approximate surface area is 174 Å². The third-order valence-corrected chi connectivity index (χ3v) is 9.51. The molecule has 4 rings (SSSR count). The van der Waals surface area contributed by atoms with Gasteiger partial charge in [-0.2, -0.15) is 0 Å². The maximum Gasteiger partial charge on any atom is 0.0743 e. The van der Waals surface area contributed by atoms with E-state index >= 15 is 0 Å². The minimum atomic E-state index is -0.450. The third kappa shape index (κ3) is 3.66. The zero-order chi connectivity index (χ0) is 19.9. The number of aliphatic hydroxyl groups is 1. The Balaban J connectivity index is 1.53. The fourth-order valence-electron chi connectivity index (χ4n) is 8.00. The van der Waals surface area contributed by atoms with Crippen LogP contribution in [0.3, 0.4) is 0 Å². The molecule has 0 aliphatic heterocycles. The van der Waals surface area contributed by atoms with Crippen molar-refractivity contribution >= 4 is 0 Å². The molecule has 3 unspecified atom stereocenters. The van der Waals surface area contributed by atoms with Gasteiger partial charge in [0.15, 0.2) is 0 Å². The van der Waals surface area contributed by atoms with Gasteiger partial charge in [-0.1, -0.05) is 70.8 Å². The molecule has 0 aromatic heterocycles. The van der Waals surface area contributed by atoms with Crippen LogP contribution >= 0.6 is 0 Å². The van der Waals surface area contributed by atoms with Gasteiger partial charge in [-0.15, -0.1) is 0 Å². The van der Waals surface area contributed by atoms with E-state index in [0.717, 1.165) is 30.1 Å². The van der Waals surface area contributed by atoms with Crippen LogP contribution in [-0.2, 0) is 0 Å². The second kappa shape index (κ2) is 7.93. The van der Waals surface area contributed by atoms with Crippen LogP contribution in [0, 0.1) is 40.9 Å². The first-order chi connectivity index (χ1) is 13.3. The highest BCUT2D eigenvalue weighted by Gasteiger charge is 2.60. The van der Waals surface area contributed by atoms with Gasteiger partial charge < -0.3 is 5.11 Å². The van der Waals surface area contributed by atoms with Gasteiger partial charge >= 0.3 is 0 Å².